The molecule has 0 fully saturated rings. The van der Waals surface area contributed by atoms with E-state index in [9.17, 15) is 14.5 Å². The van der Waals surface area contributed by atoms with Crippen molar-refractivity contribution in [2.75, 3.05) is 29.5 Å². The van der Waals surface area contributed by atoms with Crippen LogP contribution in [-0.2, 0) is 0 Å². The number of rotatable bonds is 9. The molecule has 0 aliphatic carbocycles. The summed E-state index contributed by atoms with van der Waals surface area (Å²) in [5.74, 6) is 0.779. The first-order chi connectivity index (χ1) is 14.4. The first kappa shape index (κ1) is 20.7. The molecule has 1 aromatic heterocycles. The molecule has 0 amide bonds. The van der Waals surface area contributed by atoms with Crippen LogP contribution in [0.15, 0.2) is 48.5 Å². The molecule has 156 valence electrons. The van der Waals surface area contributed by atoms with Crippen LogP contribution in [0.5, 0.6) is 5.75 Å². The zero-order valence-corrected chi connectivity index (χ0v) is 16.1. The van der Waals surface area contributed by atoms with Crippen LogP contribution in [0.1, 0.15) is 18.5 Å². The molecule has 3 aromatic rings. The van der Waals surface area contributed by atoms with E-state index >= 15 is 0 Å². The number of aromatic nitrogens is 3. The third kappa shape index (κ3) is 5.74. The summed E-state index contributed by atoms with van der Waals surface area (Å²) in [5.41, 5.74) is 6.59. The van der Waals surface area contributed by atoms with E-state index in [1.54, 1.807) is 12.1 Å². The minimum Gasteiger partial charge on any atom is -0.492 e. The van der Waals surface area contributed by atoms with Gasteiger partial charge in [-0.1, -0.05) is 12.1 Å². The fourth-order valence-electron chi connectivity index (χ4n) is 2.56. The number of halogens is 1. The number of ether oxygens (including phenoxy) is 1. The Balaban J connectivity index is 1.56. The zero-order chi connectivity index (χ0) is 21.5. The Bertz CT molecular complexity index is 1000. The highest BCUT2D eigenvalue weighted by Crippen LogP contribution is 2.21. The largest absolute Gasteiger partial charge is 0.492 e. The Morgan fingerprint density at radius 2 is 1.77 bits per heavy atom. The van der Waals surface area contributed by atoms with Crippen molar-refractivity contribution in [1.29, 1.82) is 0 Å². The van der Waals surface area contributed by atoms with Crippen molar-refractivity contribution < 1.29 is 14.1 Å². The molecule has 0 saturated heterocycles. The second kappa shape index (κ2) is 9.45. The standard InChI is InChI=1S/C19H20FN7O3/c1-12(13-2-6-15(7-3-13)27(28)29)23-19-25-17(21)24-18(26-19)22-10-11-30-16-8-4-14(20)5-9-16/h2-9,12H,10-11H2,1H3,(H4,21,22,23,24,25,26)/t12-/m0/s1. The number of anilines is 3. The van der Waals surface area contributed by atoms with Crippen molar-refractivity contribution in [3.63, 3.8) is 0 Å². The van der Waals surface area contributed by atoms with Gasteiger partial charge >= 0.3 is 0 Å². The summed E-state index contributed by atoms with van der Waals surface area (Å²) >= 11 is 0. The normalized spacial score (nSPS) is 11.5. The number of non-ortho nitro benzene ring substituents is 1. The minimum absolute atomic E-state index is 0.0182. The molecule has 2 aromatic carbocycles. The number of benzene rings is 2. The molecule has 0 bridgehead atoms. The van der Waals surface area contributed by atoms with Crippen molar-refractivity contribution in [3.05, 3.63) is 70.0 Å². The molecule has 0 spiro atoms. The van der Waals surface area contributed by atoms with Crippen LogP contribution in [0.25, 0.3) is 0 Å². The van der Waals surface area contributed by atoms with Gasteiger partial charge in [0.05, 0.1) is 17.5 Å². The Morgan fingerprint density at radius 3 is 2.43 bits per heavy atom. The van der Waals surface area contributed by atoms with Gasteiger partial charge in [-0.05, 0) is 36.8 Å². The zero-order valence-electron chi connectivity index (χ0n) is 16.1. The first-order valence-corrected chi connectivity index (χ1v) is 9.05. The summed E-state index contributed by atoms with van der Waals surface area (Å²) in [6.07, 6.45) is 0. The minimum atomic E-state index is -0.452. The molecule has 0 unspecified atom stereocenters. The van der Waals surface area contributed by atoms with Crippen molar-refractivity contribution in [2.24, 2.45) is 0 Å². The lowest BCUT2D eigenvalue weighted by Crippen LogP contribution is -2.16. The summed E-state index contributed by atoms with van der Waals surface area (Å²) < 4.78 is 18.4. The van der Waals surface area contributed by atoms with Crippen LogP contribution in [0.4, 0.5) is 27.9 Å². The molecule has 0 aliphatic rings. The van der Waals surface area contributed by atoms with Crippen molar-refractivity contribution in [2.45, 2.75) is 13.0 Å². The van der Waals surface area contributed by atoms with E-state index in [1.165, 1.54) is 36.4 Å². The maximum absolute atomic E-state index is 12.9. The van der Waals surface area contributed by atoms with Crippen LogP contribution < -0.4 is 21.1 Å². The SMILES string of the molecule is C[C@H](Nc1nc(N)nc(NCCOc2ccc(F)cc2)n1)c1ccc([N+](=O)[O-])cc1. The van der Waals surface area contributed by atoms with Crippen molar-refractivity contribution in [3.8, 4) is 5.75 Å². The predicted molar refractivity (Wildman–Crippen MR) is 110 cm³/mol. The molecular weight excluding hydrogens is 393 g/mol. The van der Waals surface area contributed by atoms with Gasteiger partial charge in [0.25, 0.3) is 5.69 Å². The number of nitro groups is 1. The quantitative estimate of drug-likeness (QED) is 0.274. The van der Waals surface area contributed by atoms with Gasteiger partial charge in [0.15, 0.2) is 0 Å². The Labute approximate surface area is 171 Å². The topological polar surface area (TPSA) is 141 Å². The number of nitrogens with two attached hydrogens (primary N) is 1. The average Bonchev–Trinajstić information content (AvgIpc) is 2.72. The van der Waals surface area contributed by atoms with E-state index in [2.05, 4.69) is 25.6 Å². The number of hydrogen-bond acceptors (Lipinski definition) is 9. The Kier molecular flexibility index (Phi) is 6.53. The van der Waals surface area contributed by atoms with E-state index in [0.717, 1.165) is 5.56 Å². The van der Waals surface area contributed by atoms with Gasteiger partial charge in [-0.15, -0.1) is 0 Å². The van der Waals surface area contributed by atoms with Crippen LogP contribution in [0.2, 0.25) is 0 Å². The highest BCUT2D eigenvalue weighted by Gasteiger charge is 2.12. The summed E-state index contributed by atoms with van der Waals surface area (Å²) in [4.78, 5) is 22.7. The Morgan fingerprint density at radius 1 is 1.10 bits per heavy atom. The summed E-state index contributed by atoms with van der Waals surface area (Å²) in [5, 5.41) is 16.8. The fraction of sp³-hybridized carbons (Fsp3) is 0.211. The summed E-state index contributed by atoms with van der Waals surface area (Å²) in [6.45, 7) is 2.56. The first-order valence-electron chi connectivity index (χ1n) is 9.05. The molecule has 30 heavy (non-hydrogen) atoms. The summed E-state index contributed by atoms with van der Waals surface area (Å²) in [6, 6.07) is 11.7. The smallest absolute Gasteiger partial charge is 0.269 e. The lowest BCUT2D eigenvalue weighted by Gasteiger charge is -2.15. The van der Waals surface area contributed by atoms with Crippen LogP contribution in [0, 0.1) is 15.9 Å². The molecule has 1 heterocycles. The number of hydrogen-bond donors (Lipinski definition) is 3. The van der Waals surface area contributed by atoms with Gasteiger partial charge in [0.2, 0.25) is 17.8 Å². The van der Waals surface area contributed by atoms with Crippen LogP contribution >= 0.6 is 0 Å². The van der Waals surface area contributed by atoms with E-state index in [-0.39, 0.29) is 35.4 Å². The van der Waals surface area contributed by atoms with Crippen molar-refractivity contribution in [1.82, 2.24) is 15.0 Å². The molecule has 4 N–H and O–H groups in total. The summed E-state index contributed by atoms with van der Waals surface area (Å²) in [7, 11) is 0. The molecule has 10 nitrogen and oxygen atoms in total. The fourth-order valence-corrected chi connectivity index (χ4v) is 2.56. The molecule has 3 rings (SSSR count). The number of nitrogens with one attached hydrogen (secondary N) is 2. The van der Waals surface area contributed by atoms with Gasteiger partial charge in [-0.2, -0.15) is 15.0 Å². The highest BCUT2D eigenvalue weighted by atomic mass is 19.1. The predicted octanol–water partition coefficient (Wildman–Crippen LogP) is 3.17. The Hall–Kier alpha value is -4.02. The molecule has 11 heteroatoms. The molecule has 0 saturated carbocycles. The third-order valence-electron chi connectivity index (χ3n) is 4.07. The van der Waals surface area contributed by atoms with Gasteiger partial charge < -0.3 is 21.1 Å². The third-order valence-corrected chi connectivity index (χ3v) is 4.07. The van der Waals surface area contributed by atoms with Crippen LogP contribution in [0.3, 0.4) is 0 Å². The second-order valence-corrected chi connectivity index (χ2v) is 6.28. The lowest BCUT2D eigenvalue weighted by molar-refractivity contribution is -0.384. The van der Waals surface area contributed by atoms with Crippen LogP contribution in [-0.4, -0.2) is 33.0 Å². The molecule has 1 atom stereocenters. The average molecular weight is 413 g/mol. The maximum Gasteiger partial charge on any atom is 0.269 e. The highest BCUT2D eigenvalue weighted by molar-refractivity contribution is 5.42. The van der Waals surface area contributed by atoms with Gasteiger partial charge in [0, 0.05) is 12.1 Å². The molecular formula is C19H20FN7O3. The van der Waals surface area contributed by atoms with Gasteiger partial charge in [-0.3, -0.25) is 10.1 Å². The monoisotopic (exact) mass is 413 g/mol. The van der Waals surface area contributed by atoms with Crippen molar-refractivity contribution >= 4 is 23.5 Å². The maximum atomic E-state index is 12.9. The molecule has 0 aliphatic heterocycles. The lowest BCUT2D eigenvalue weighted by atomic mass is 10.1. The van der Waals surface area contributed by atoms with E-state index in [4.69, 9.17) is 10.5 Å². The second-order valence-electron chi connectivity index (χ2n) is 6.28. The number of nitrogens with zero attached hydrogens (tertiary/aromatic N) is 4. The van der Waals surface area contributed by atoms with Gasteiger partial charge in [-0.25, -0.2) is 4.39 Å². The van der Waals surface area contributed by atoms with Gasteiger partial charge in [0.1, 0.15) is 18.2 Å². The van der Waals surface area contributed by atoms with E-state index in [0.29, 0.717) is 18.9 Å². The number of nitro benzene ring substituents is 1. The molecule has 0 radical (unpaired) electrons. The van der Waals surface area contributed by atoms with E-state index < -0.39 is 4.92 Å². The number of nitrogen functional groups attached to an aromatic ring is 1. The van der Waals surface area contributed by atoms with E-state index in [1.807, 2.05) is 6.92 Å².